The van der Waals surface area contributed by atoms with Crippen molar-refractivity contribution < 1.29 is 4.79 Å². The van der Waals surface area contributed by atoms with E-state index in [0.29, 0.717) is 21.2 Å². The molecule has 0 saturated carbocycles. The van der Waals surface area contributed by atoms with Crippen LogP contribution in [0.25, 0.3) is 0 Å². The highest BCUT2D eigenvalue weighted by molar-refractivity contribution is 9.11. The van der Waals surface area contributed by atoms with E-state index in [1.165, 1.54) is 11.3 Å². The number of ketones is 1. The third kappa shape index (κ3) is 2.39. The van der Waals surface area contributed by atoms with Crippen molar-refractivity contribution in [2.45, 2.75) is 6.92 Å². The molecule has 0 bridgehead atoms. The van der Waals surface area contributed by atoms with Crippen LogP contribution in [0.15, 0.2) is 28.1 Å². The Morgan fingerprint density at radius 2 is 1.94 bits per heavy atom. The van der Waals surface area contributed by atoms with Gasteiger partial charge in [0.2, 0.25) is 0 Å². The summed E-state index contributed by atoms with van der Waals surface area (Å²) in [5.41, 5.74) is 7.90. The highest BCUT2D eigenvalue weighted by Gasteiger charge is 2.19. The monoisotopic (exact) mass is 329 g/mol. The maximum absolute atomic E-state index is 12.3. The molecule has 0 radical (unpaired) electrons. The summed E-state index contributed by atoms with van der Waals surface area (Å²) < 4.78 is 0.896. The lowest BCUT2D eigenvalue weighted by Gasteiger charge is -2.02. The Balaban J connectivity index is 2.47. The van der Waals surface area contributed by atoms with Crippen LogP contribution in [0, 0.1) is 6.92 Å². The predicted molar refractivity (Wildman–Crippen MR) is 76.1 cm³/mol. The summed E-state index contributed by atoms with van der Waals surface area (Å²) in [6.45, 7) is 1.88. The molecule has 0 spiro atoms. The van der Waals surface area contributed by atoms with E-state index in [0.717, 1.165) is 9.35 Å². The standard InChI is InChI=1S/C12H9BrClNOS/c1-6-9(12(15)17-11(6)13)10(16)7-2-4-8(14)5-3-7/h2-5H,15H2,1H3. The second-order valence-electron chi connectivity index (χ2n) is 3.58. The van der Waals surface area contributed by atoms with E-state index in [1.54, 1.807) is 24.3 Å². The number of hydrogen-bond donors (Lipinski definition) is 1. The predicted octanol–water partition coefficient (Wildman–Crippen LogP) is 4.29. The molecule has 1 aromatic carbocycles. The van der Waals surface area contributed by atoms with Crippen molar-refractivity contribution in [1.29, 1.82) is 0 Å². The van der Waals surface area contributed by atoms with Gasteiger partial charge in [-0.2, -0.15) is 0 Å². The van der Waals surface area contributed by atoms with Crippen molar-refractivity contribution in [1.82, 2.24) is 0 Å². The summed E-state index contributed by atoms with van der Waals surface area (Å²) in [6, 6.07) is 6.80. The van der Waals surface area contributed by atoms with Crippen molar-refractivity contribution in [3.63, 3.8) is 0 Å². The lowest BCUT2D eigenvalue weighted by Crippen LogP contribution is -2.04. The third-order valence-corrected chi connectivity index (χ3v) is 4.69. The number of anilines is 1. The van der Waals surface area contributed by atoms with Crippen molar-refractivity contribution in [2.75, 3.05) is 5.73 Å². The first-order valence-corrected chi connectivity index (χ1v) is 6.84. The highest BCUT2D eigenvalue weighted by atomic mass is 79.9. The Bertz CT molecular complexity index is 577. The molecule has 1 heterocycles. The summed E-state index contributed by atoms with van der Waals surface area (Å²) in [5.74, 6) is -0.0707. The smallest absolute Gasteiger partial charge is 0.196 e. The number of nitrogens with two attached hydrogens (primary N) is 1. The minimum Gasteiger partial charge on any atom is -0.390 e. The zero-order valence-corrected chi connectivity index (χ0v) is 12.1. The van der Waals surface area contributed by atoms with E-state index in [-0.39, 0.29) is 5.78 Å². The zero-order valence-electron chi connectivity index (χ0n) is 8.96. The molecule has 2 aromatic rings. The van der Waals surface area contributed by atoms with Crippen LogP contribution in [0.5, 0.6) is 0 Å². The minimum atomic E-state index is -0.0707. The van der Waals surface area contributed by atoms with E-state index >= 15 is 0 Å². The third-order valence-electron chi connectivity index (χ3n) is 2.45. The van der Waals surface area contributed by atoms with Gasteiger partial charge in [-0.1, -0.05) is 11.6 Å². The molecule has 0 aliphatic heterocycles. The van der Waals surface area contributed by atoms with Gasteiger partial charge in [-0.15, -0.1) is 11.3 Å². The van der Waals surface area contributed by atoms with E-state index in [2.05, 4.69) is 15.9 Å². The summed E-state index contributed by atoms with van der Waals surface area (Å²) in [6.07, 6.45) is 0. The molecule has 0 atom stereocenters. The van der Waals surface area contributed by atoms with Gasteiger partial charge in [0.05, 0.1) is 14.4 Å². The SMILES string of the molecule is Cc1c(Br)sc(N)c1C(=O)c1ccc(Cl)cc1. The average molecular weight is 331 g/mol. The molecule has 88 valence electrons. The maximum atomic E-state index is 12.3. The van der Waals surface area contributed by atoms with Crippen LogP contribution in [0.2, 0.25) is 5.02 Å². The molecule has 2 N–H and O–H groups in total. The van der Waals surface area contributed by atoms with Crippen molar-refractivity contribution >= 4 is 49.7 Å². The lowest BCUT2D eigenvalue weighted by atomic mass is 10.0. The van der Waals surface area contributed by atoms with E-state index in [9.17, 15) is 4.79 Å². The molecule has 0 amide bonds. The van der Waals surface area contributed by atoms with Gasteiger partial charge in [0.25, 0.3) is 0 Å². The van der Waals surface area contributed by atoms with Crippen molar-refractivity contribution in [2.24, 2.45) is 0 Å². The van der Waals surface area contributed by atoms with Gasteiger partial charge in [0, 0.05) is 10.6 Å². The molecular weight excluding hydrogens is 322 g/mol. The van der Waals surface area contributed by atoms with Crippen LogP contribution < -0.4 is 5.73 Å². The molecular formula is C12H9BrClNOS. The molecule has 2 nitrogen and oxygen atoms in total. The molecule has 17 heavy (non-hydrogen) atoms. The molecule has 0 aliphatic rings. The van der Waals surface area contributed by atoms with Gasteiger partial charge < -0.3 is 5.73 Å². The summed E-state index contributed by atoms with van der Waals surface area (Å²) in [5, 5.41) is 1.15. The van der Waals surface area contributed by atoms with Gasteiger partial charge in [-0.25, -0.2) is 0 Å². The minimum absolute atomic E-state index is 0.0707. The van der Waals surface area contributed by atoms with Crippen molar-refractivity contribution in [3.05, 3.63) is 49.8 Å². The number of nitrogen functional groups attached to an aromatic ring is 1. The summed E-state index contributed by atoms with van der Waals surface area (Å²) in [7, 11) is 0. The number of hydrogen-bond acceptors (Lipinski definition) is 3. The first-order valence-electron chi connectivity index (χ1n) is 4.85. The fourth-order valence-corrected chi connectivity index (χ4v) is 3.18. The van der Waals surface area contributed by atoms with E-state index in [1.807, 2.05) is 6.92 Å². The second kappa shape index (κ2) is 4.80. The van der Waals surface area contributed by atoms with Crippen LogP contribution in [0.3, 0.4) is 0 Å². The number of benzene rings is 1. The molecule has 5 heteroatoms. The summed E-state index contributed by atoms with van der Waals surface area (Å²) in [4.78, 5) is 12.3. The number of carbonyl (C=O) groups is 1. The maximum Gasteiger partial charge on any atom is 0.196 e. The summed E-state index contributed by atoms with van der Waals surface area (Å²) >= 11 is 10.5. The molecule has 0 saturated heterocycles. The zero-order chi connectivity index (χ0) is 12.6. The first kappa shape index (κ1) is 12.6. The van der Waals surface area contributed by atoms with Gasteiger partial charge >= 0.3 is 0 Å². The van der Waals surface area contributed by atoms with E-state index in [4.69, 9.17) is 17.3 Å². The fourth-order valence-electron chi connectivity index (χ4n) is 1.53. The van der Waals surface area contributed by atoms with Crippen LogP contribution >= 0.6 is 38.9 Å². The largest absolute Gasteiger partial charge is 0.390 e. The quantitative estimate of drug-likeness (QED) is 0.835. The normalized spacial score (nSPS) is 10.5. The molecule has 2 rings (SSSR count). The Labute approximate surface area is 117 Å². The molecule has 0 fully saturated rings. The Hall–Kier alpha value is -0.840. The second-order valence-corrected chi connectivity index (χ2v) is 6.38. The molecule has 1 aromatic heterocycles. The fraction of sp³-hybridized carbons (Fsp3) is 0.0833. The Kier molecular flexibility index (Phi) is 3.56. The number of carbonyl (C=O) groups excluding carboxylic acids is 1. The van der Waals surface area contributed by atoms with Gasteiger partial charge in [0.15, 0.2) is 5.78 Å². The number of thiophene rings is 1. The Morgan fingerprint density at radius 3 is 2.41 bits per heavy atom. The topological polar surface area (TPSA) is 43.1 Å². The highest BCUT2D eigenvalue weighted by Crippen LogP contribution is 2.35. The van der Waals surface area contributed by atoms with Crippen LogP contribution in [-0.2, 0) is 0 Å². The average Bonchev–Trinajstić information content (AvgIpc) is 2.53. The Morgan fingerprint density at radius 1 is 1.35 bits per heavy atom. The van der Waals surface area contributed by atoms with Gasteiger partial charge in [-0.05, 0) is 52.7 Å². The van der Waals surface area contributed by atoms with Gasteiger partial charge in [-0.3, -0.25) is 4.79 Å². The van der Waals surface area contributed by atoms with E-state index < -0.39 is 0 Å². The van der Waals surface area contributed by atoms with Crippen LogP contribution in [0.4, 0.5) is 5.00 Å². The van der Waals surface area contributed by atoms with Crippen LogP contribution in [-0.4, -0.2) is 5.78 Å². The number of rotatable bonds is 2. The van der Waals surface area contributed by atoms with Crippen LogP contribution in [0.1, 0.15) is 21.5 Å². The first-order chi connectivity index (χ1) is 8.00. The number of halogens is 2. The van der Waals surface area contributed by atoms with Crippen molar-refractivity contribution in [3.8, 4) is 0 Å². The molecule has 0 unspecified atom stereocenters. The molecule has 0 aliphatic carbocycles. The lowest BCUT2D eigenvalue weighted by molar-refractivity contribution is 0.103. The van der Waals surface area contributed by atoms with Gasteiger partial charge in [0.1, 0.15) is 0 Å².